The van der Waals surface area contributed by atoms with Gasteiger partial charge < -0.3 is 10.1 Å². The molecule has 142 valence electrons. The molecule has 2 aliphatic rings. The van der Waals surface area contributed by atoms with E-state index in [0.29, 0.717) is 0 Å². The first-order chi connectivity index (χ1) is 12.2. The second-order valence-corrected chi connectivity index (χ2v) is 8.43. The molecular weight excluding hydrogens is 326 g/mol. The molecule has 2 N–H and O–H groups in total. The number of ether oxygens (including phenoxy) is 1. The van der Waals surface area contributed by atoms with Gasteiger partial charge in [0, 0.05) is 25.9 Å². The number of nitrogens with zero attached hydrogens (tertiary/aromatic N) is 1. The van der Waals surface area contributed by atoms with Crippen LogP contribution in [0, 0.1) is 0 Å². The molecule has 3 atom stereocenters. The van der Waals surface area contributed by atoms with Crippen molar-refractivity contribution >= 4 is 5.97 Å². The van der Waals surface area contributed by atoms with E-state index in [0.717, 1.165) is 19.5 Å². The largest absolute Gasteiger partial charge is 0.443 e. The molecule has 5 nitrogen and oxygen atoms in total. The molecule has 1 aromatic carbocycles. The second kappa shape index (κ2) is 7.05. The van der Waals surface area contributed by atoms with Crippen LogP contribution in [0.5, 0.6) is 0 Å². The van der Waals surface area contributed by atoms with Gasteiger partial charge in [-0.3, -0.25) is 10.1 Å². The molecule has 0 spiro atoms. The Kier molecular flexibility index (Phi) is 5.13. The predicted octanol–water partition coefficient (Wildman–Crippen LogP) is 3.04. The summed E-state index contributed by atoms with van der Waals surface area (Å²) in [6.45, 7) is 11.8. The van der Waals surface area contributed by atoms with Crippen LogP contribution >= 0.6 is 0 Å². The van der Waals surface area contributed by atoms with Gasteiger partial charge in [-0.2, -0.15) is 0 Å². The van der Waals surface area contributed by atoms with Crippen molar-refractivity contribution in [2.75, 3.05) is 13.1 Å². The van der Waals surface area contributed by atoms with Crippen LogP contribution in [0.3, 0.4) is 0 Å². The van der Waals surface area contributed by atoms with Gasteiger partial charge in [0.15, 0.2) is 5.72 Å². The highest BCUT2D eigenvalue weighted by Gasteiger charge is 2.51. The molecule has 3 rings (SSSR count). The van der Waals surface area contributed by atoms with Gasteiger partial charge in [-0.1, -0.05) is 51.1 Å². The molecule has 26 heavy (non-hydrogen) atoms. The number of esters is 1. The van der Waals surface area contributed by atoms with Gasteiger partial charge >= 0.3 is 5.97 Å². The summed E-state index contributed by atoms with van der Waals surface area (Å²) < 4.78 is 5.91. The number of carbonyl (C=O) groups excluding carboxylic acids is 1. The second-order valence-electron chi connectivity index (χ2n) is 8.43. The minimum absolute atomic E-state index is 0.0387. The van der Waals surface area contributed by atoms with Crippen molar-refractivity contribution in [3.63, 3.8) is 0 Å². The third-order valence-electron chi connectivity index (χ3n) is 5.52. The summed E-state index contributed by atoms with van der Waals surface area (Å²) in [4.78, 5) is 14.1. The SMILES string of the molecule is CC(=O)OC1(C)C(c2ccc(C(C)(C)C)cc2)CCN1C1NC=CCN1. The van der Waals surface area contributed by atoms with E-state index in [1.165, 1.54) is 18.1 Å². The average molecular weight is 357 g/mol. The fraction of sp³-hybridized carbons (Fsp3) is 0.571. The molecular formula is C21H31N3O2. The van der Waals surface area contributed by atoms with E-state index >= 15 is 0 Å². The highest BCUT2D eigenvalue weighted by Crippen LogP contribution is 2.44. The highest BCUT2D eigenvalue weighted by atomic mass is 16.6. The normalized spacial score (nSPS) is 29.4. The standard InChI is InChI=1S/C21H31N3O2/c1-15(25)26-21(5)18(11-14-24(21)19-22-12-6-13-23-19)16-7-9-17(10-8-16)20(2,3)4/h6-10,12,18-19,22-23H,11,13-14H2,1-5H3. The third kappa shape index (κ3) is 3.64. The van der Waals surface area contributed by atoms with E-state index in [2.05, 4.69) is 60.6 Å². The lowest BCUT2D eigenvalue weighted by Crippen LogP contribution is -2.62. The van der Waals surface area contributed by atoms with Gasteiger partial charge in [0.25, 0.3) is 0 Å². The number of hydrogen-bond acceptors (Lipinski definition) is 5. The molecule has 5 heteroatoms. The molecule has 2 heterocycles. The number of benzene rings is 1. The maximum atomic E-state index is 11.9. The van der Waals surface area contributed by atoms with E-state index in [4.69, 9.17) is 4.74 Å². The lowest BCUT2D eigenvalue weighted by Gasteiger charge is -2.43. The molecule has 2 aliphatic heterocycles. The van der Waals surface area contributed by atoms with Crippen molar-refractivity contribution in [1.29, 1.82) is 0 Å². The first kappa shape index (κ1) is 18.9. The zero-order valence-corrected chi connectivity index (χ0v) is 16.5. The monoisotopic (exact) mass is 357 g/mol. The van der Waals surface area contributed by atoms with E-state index < -0.39 is 5.72 Å². The van der Waals surface area contributed by atoms with Crippen molar-refractivity contribution < 1.29 is 9.53 Å². The lowest BCUT2D eigenvalue weighted by molar-refractivity contribution is -0.182. The van der Waals surface area contributed by atoms with Gasteiger partial charge in [-0.25, -0.2) is 4.90 Å². The Morgan fingerprint density at radius 2 is 1.96 bits per heavy atom. The molecule has 0 amide bonds. The number of carbonyl (C=O) groups is 1. The molecule has 1 aromatic rings. The fourth-order valence-corrected chi connectivity index (χ4v) is 4.11. The summed E-state index contributed by atoms with van der Waals surface area (Å²) in [7, 11) is 0. The van der Waals surface area contributed by atoms with Crippen molar-refractivity contribution in [2.24, 2.45) is 0 Å². The van der Waals surface area contributed by atoms with Crippen molar-refractivity contribution in [2.45, 2.75) is 64.4 Å². The third-order valence-corrected chi connectivity index (χ3v) is 5.52. The first-order valence-electron chi connectivity index (χ1n) is 9.43. The van der Waals surface area contributed by atoms with Crippen LogP contribution in [0.1, 0.15) is 58.1 Å². The van der Waals surface area contributed by atoms with Gasteiger partial charge in [0.05, 0.1) is 0 Å². The summed E-state index contributed by atoms with van der Waals surface area (Å²) in [6, 6.07) is 8.79. The summed E-state index contributed by atoms with van der Waals surface area (Å²) in [5, 5.41) is 6.76. The molecule has 0 saturated carbocycles. The smallest absolute Gasteiger partial charge is 0.304 e. The number of likely N-dealkylation sites (tertiary alicyclic amines) is 1. The van der Waals surface area contributed by atoms with Crippen LogP contribution < -0.4 is 10.6 Å². The maximum absolute atomic E-state index is 11.9. The first-order valence-corrected chi connectivity index (χ1v) is 9.43. The summed E-state index contributed by atoms with van der Waals surface area (Å²) >= 11 is 0. The Balaban J connectivity index is 1.90. The van der Waals surface area contributed by atoms with E-state index in [1.54, 1.807) is 0 Å². The lowest BCUT2D eigenvalue weighted by atomic mass is 9.83. The maximum Gasteiger partial charge on any atom is 0.304 e. The molecule has 1 saturated heterocycles. The minimum Gasteiger partial charge on any atom is -0.443 e. The van der Waals surface area contributed by atoms with Crippen LogP contribution in [0.2, 0.25) is 0 Å². The minimum atomic E-state index is -0.690. The predicted molar refractivity (Wildman–Crippen MR) is 103 cm³/mol. The Bertz CT molecular complexity index is 677. The Hall–Kier alpha value is -1.85. The van der Waals surface area contributed by atoms with Gasteiger partial charge in [0.1, 0.15) is 6.29 Å². The van der Waals surface area contributed by atoms with E-state index in [-0.39, 0.29) is 23.6 Å². The van der Waals surface area contributed by atoms with Gasteiger partial charge in [-0.15, -0.1) is 0 Å². The fourth-order valence-electron chi connectivity index (χ4n) is 4.11. The molecule has 0 aliphatic carbocycles. The topological polar surface area (TPSA) is 53.6 Å². The van der Waals surface area contributed by atoms with E-state index in [1.807, 2.05) is 19.2 Å². The summed E-state index contributed by atoms with van der Waals surface area (Å²) in [6.07, 6.45) is 4.91. The molecule has 1 fully saturated rings. The summed E-state index contributed by atoms with van der Waals surface area (Å²) in [5.41, 5.74) is 1.97. The Labute approximate surface area is 156 Å². The van der Waals surface area contributed by atoms with Crippen LogP contribution in [0.15, 0.2) is 36.5 Å². The molecule has 3 unspecified atom stereocenters. The number of hydrogen-bond donors (Lipinski definition) is 2. The van der Waals surface area contributed by atoms with Crippen molar-refractivity contribution in [3.8, 4) is 0 Å². The van der Waals surface area contributed by atoms with Crippen molar-refractivity contribution in [3.05, 3.63) is 47.7 Å². The number of nitrogens with one attached hydrogen (secondary N) is 2. The van der Waals surface area contributed by atoms with Crippen molar-refractivity contribution in [1.82, 2.24) is 15.5 Å². The van der Waals surface area contributed by atoms with Crippen LogP contribution in [0.4, 0.5) is 0 Å². The quantitative estimate of drug-likeness (QED) is 0.815. The molecule has 0 aromatic heterocycles. The summed E-state index contributed by atoms with van der Waals surface area (Å²) in [5.74, 6) is -0.114. The van der Waals surface area contributed by atoms with Crippen LogP contribution in [-0.2, 0) is 14.9 Å². The average Bonchev–Trinajstić information content (AvgIpc) is 2.91. The van der Waals surface area contributed by atoms with Crippen LogP contribution in [-0.4, -0.2) is 36.0 Å². The van der Waals surface area contributed by atoms with Gasteiger partial charge in [0.2, 0.25) is 0 Å². The Morgan fingerprint density at radius 1 is 1.27 bits per heavy atom. The molecule has 0 radical (unpaired) electrons. The zero-order valence-electron chi connectivity index (χ0n) is 16.5. The highest BCUT2D eigenvalue weighted by molar-refractivity contribution is 5.66. The van der Waals surface area contributed by atoms with Gasteiger partial charge in [-0.05, 0) is 36.1 Å². The van der Waals surface area contributed by atoms with E-state index in [9.17, 15) is 4.79 Å². The van der Waals surface area contributed by atoms with Crippen LogP contribution in [0.25, 0.3) is 0 Å². The Morgan fingerprint density at radius 3 is 2.50 bits per heavy atom. The zero-order chi connectivity index (χ0) is 18.9. The number of rotatable bonds is 3. The molecule has 0 bridgehead atoms.